The zero-order valence-electron chi connectivity index (χ0n) is 14.2. The molecular formula is C19H19ClN4O2. The zero-order chi connectivity index (χ0) is 17.9. The minimum absolute atomic E-state index is 0.108. The standard InChI is InChI=1S/C19H19ClN4O2/c20-15-2-1-14-5-6-24(17(14)11-15)13-19(25)22-16-3-4-18(21-12-16)23-7-9-26-10-8-23/h1-6,11-12H,7-10,13H2,(H,22,25). The van der Waals surface area contributed by atoms with Gasteiger partial charge < -0.3 is 19.5 Å². The van der Waals surface area contributed by atoms with Crippen LogP contribution >= 0.6 is 11.6 Å². The molecule has 2 aromatic heterocycles. The molecule has 1 N–H and O–H groups in total. The highest BCUT2D eigenvalue weighted by molar-refractivity contribution is 6.31. The number of benzene rings is 1. The molecule has 1 aliphatic rings. The number of carbonyl (C=O) groups excluding carboxylic acids is 1. The molecule has 4 rings (SSSR count). The molecule has 7 heteroatoms. The number of halogens is 1. The van der Waals surface area contributed by atoms with E-state index in [0.29, 0.717) is 10.7 Å². The highest BCUT2D eigenvalue weighted by Gasteiger charge is 2.12. The maximum absolute atomic E-state index is 12.4. The predicted molar refractivity (Wildman–Crippen MR) is 103 cm³/mol. The normalized spacial score (nSPS) is 14.6. The number of fused-ring (bicyclic) bond motifs is 1. The number of pyridine rings is 1. The van der Waals surface area contributed by atoms with Gasteiger partial charge in [-0.25, -0.2) is 4.98 Å². The highest BCUT2D eigenvalue weighted by Crippen LogP contribution is 2.21. The minimum Gasteiger partial charge on any atom is -0.378 e. The van der Waals surface area contributed by atoms with Gasteiger partial charge in [-0.3, -0.25) is 4.79 Å². The summed E-state index contributed by atoms with van der Waals surface area (Å²) in [7, 11) is 0. The van der Waals surface area contributed by atoms with Crippen LogP contribution < -0.4 is 10.2 Å². The Labute approximate surface area is 156 Å². The summed E-state index contributed by atoms with van der Waals surface area (Å²) in [6.07, 6.45) is 3.58. The second kappa shape index (κ2) is 7.35. The van der Waals surface area contributed by atoms with Crippen LogP contribution in [-0.4, -0.2) is 41.8 Å². The number of aromatic nitrogens is 2. The van der Waals surface area contributed by atoms with Gasteiger partial charge in [0.05, 0.1) is 25.1 Å². The van der Waals surface area contributed by atoms with Crippen LogP contribution in [0.3, 0.4) is 0 Å². The van der Waals surface area contributed by atoms with Crippen molar-refractivity contribution in [2.24, 2.45) is 0 Å². The number of nitrogens with one attached hydrogen (secondary N) is 1. The molecule has 0 bridgehead atoms. The first-order valence-electron chi connectivity index (χ1n) is 8.52. The van der Waals surface area contributed by atoms with Gasteiger partial charge in [0.15, 0.2) is 0 Å². The van der Waals surface area contributed by atoms with Crippen LogP contribution in [0.1, 0.15) is 0 Å². The average molecular weight is 371 g/mol. The molecule has 26 heavy (non-hydrogen) atoms. The lowest BCUT2D eigenvalue weighted by atomic mass is 10.2. The van der Waals surface area contributed by atoms with E-state index in [9.17, 15) is 4.79 Å². The molecule has 3 aromatic rings. The van der Waals surface area contributed by atoms with Gasteiger partial charge in [-0.1, -0.05) is 17.7 Å². The Morgan fingerprint density at radius 3 is 2.81 bits per heavy atom. The molecule has 0 aliphatic carbocycles. The van der Waals surface area contributed by atoms with E-state index in [1.807, 2.05) is 47.2 Å². The van der Waals surface area contributed by atoms with Crippen molar-refractivity contribution in [2.45, 2.75) is 6.54 Å². The number of amides is 1. The Morgan fingerprint density at radius 1 is 1.19 bits per heavy atom. The summed E-state index contributed by atoms with van der Waals surface area (Å²) >= 11 is 6.06. The number of morpholine rings is 1. The number of rotatable bonds is 4. The molecule has 1 amide bonds. The maximum atomic E-state index is 12.4. The summed E-state index contributed by atoms with van der Waals surface area (Å²) in [4.78, 5) is 19.0. The van der Waals surface area contributed by atoms with E-state index < -0.39 is 0 Å². The Bertz CT molecular complexity index is 917. The third kappa shape index (κ3) is 3.66. The lowest BCUT2D eigenvalue weighted by molar-refractivity contribution is -0.116. The van der Waals surface area contributed by atoms with Crippen molar-refractivity contribution in [3.63, 3.8) is 0 Å². The molecule has 0 spiro atoms. The fourth-order valence-corrected chi connectivity index (χ4v) is 3.26. The fraction of sp³-hybridized carbons (Fsp3) is 0.263. The third-order valence-electron chi connectivity index (χ3n) is 4.42. The summed E-state index contributed by atoms with van der Waals surface area (Å²) < 4.78 is 7.23. The quantitative estimate of drug-likeness (QED) is 0.766. The van der Waals surface area contributed by atoms with Crippen LogP contribution in [0.2, 0.25) is 5.02 Å². The molecular weight excluding hydrogens is 352 g/mol. The van der Waals surface area contributed by atoms with Gasteiger partial charge in [-0.15, -0.1) is 0 Å². The predicted octanol–water partition coefficient (Wildman–Crippen LogP) is 3.17. The van der Waals surface area contributed by atoms with Gasteiger partial charge in [0, 0.05) is 29.8 Å². The molecule has 134 valence electrons. The third-order valence-corrected chi connectivity index (χ3v) is 4.65. The van der Waals surface area contributed by atoms with Crippen molar-refractivity contribution in [3.8, 4) is 0 Å². The van der Waals surface area contributed by atoms with Crippen molar-refractivity contribution < 1.29 is 9.53 Å². The van der Waals surface area contributed by atoms with Gasteiger partial charge >= 0.3 is 0 Å². The van der Waals surface area contributed by atoms with Crippen LogP contribution in [0.15, 0.2) is 48.8 Å². The van der Waals surface area contributed by atoms with Crippen molar-refractivity contribution in [3.05, 3.63) is 53.8 Å². The summed E-state index contributed by atoms with van der Waals surface area (Å²) in [6.45, 7) is 3.32. The number of ether oxygens (including phenoxy) is 1. The van der Waals surface area contributed by atoms with Crippen LogP contribution in [-0.2, 0) is 16.1 Å². The first-order chi connectivity index (χ1) is 12.7. The lowest BCUT2D eigenvalue weighted by Crippen LogP contribution is -2.36. The molecule has 0 radical (unpaired) electrons. The Hall–Kier alpha value is -2.57. The van der Waals surface area contributed by atoms with Gasteiger partial charge in [-0.05, 0) is 35.7 Å². The first kappa shape index (κ1) is 16.9. The SMILES string of the molecule is O=C(Cn1ccc2ccc(Cl)cc21)Nc1ccc(N2CCOCC2)nc1. The Balaban J connectivity index is 1.41. The molecule has 0 saturated carbocycles. The van der Waals surface area contributed by atoms with Gasteiger partial charge in [0.25, 0.3) is 0 Å². The second-order valence-corrected chi connectivity index (χ2v) is 6.64. The van der Waals surface area contributed by atoms with Crippen LogP contribution in [0.25, 0.3) is 10.9 Å². The Kier molecular flexibility index (Phi) is 4.77. The minimum atomic E-state index is -0.108. The van der Waals surface area contributed by atoms with Crippen LogP contribution in [0.5, 0.6) is 0 Å². The Morgan fingerprint density at radius 2 is 2.04 bits per heavy atom. The molecule has 1 aliphatic heterocycles. The zero-order valence-corrected chi connectivity index (χ0v) is 14.9. The number of anilines is 2. The number of nitrogens with zero attached hydrogens (tertiary/aromatic N) is 3. The summed E-state index contributed by atoms with van der Waals surface area (Å²) in [5.41, 5.74) is 1.62. The topological polar surface area (TPSA) is 59.4 Å². The monoisotopic (exact) mass is 370 g/mol. The van der Waals surface area contributed by atoms with E-state index >= 15 is 0 Å². The number of carbonyl (C=O) groups is 1. The number of hydrogen-bond acceptors (Lipinski definition) is 4. The summed E-state index contributed by atoms with van der Waals surface area (Å²) in [5.74, 6) is 0.792. The van der Waals surface area contributed by atoms with E-state index in [4.69, 9.17) is 16.3 Å². The number of hydrogen-bond donors (Lipinski definition) is 1. The van der Waals surface area contributed by atoms with Gasteiger partial charge in [0.2, 0.25) is 5.91 Å². The largest absolute Gasteiger partial charge is 0.378 e. The van der Waals surface area contributed by atoms with E-state index in [2.05, 4.69) is 15.2 Å². The van der Waals surface area contributed by atoms with Gasteiger partial charge in [-0.2, -0.15) is 0 Å². The van der Waals surface area contributed by atoms with E-state index in [1.165, 1.54) is 0 Å². The van der Waals surface area contributed by atoms with Crippen molar-refractivity contribution >= 4 is 39.9 Å². The molecule has 1 fully saturated rings. The van der Waals surface area contributed by atoms with Crippen LogP contribution in [0, 0.1) is 0 Å². The van der Waals surface area contributed by atoms with Crippen molar-refractivity contribution in [1.82, 2.24) is 9.55 Å². The molecule has 6 nitrogen and oxygen atoms in total. The molecule has 1 saturated heterocycles. The van der Waals surface area contributed by atoms with Crippen LogP contribution in [0.4, 0.5) is 11.5 Å². The fourth-order valence-electron chi connectivity index (χ4n) is 3.09. The second-order valence-electron chi connectivity index (χ2n) is 6.20. The summed E-state index contributed by atoms with van der Waals surface area (Å²) in [6, 6.07) is 11.4. The first-order valence-corrected chi connectivity index (χ1v) is 8.90. The van der Waals surface area contributed by atoms with Crippen molar-refractivity contribution in [2.75, 3.05) is 36.5 Å². The van der Waals surface area contributed by atoms with Crippen molar-refractivity contribution in [1.29, 1.82) is 0 Å². The average Bonchev–Trinajstić information content (AvgIpc) is 3.05. The molecule has 3 heterocycles. The smallest absolute Gasteiger partial charge is 0.244 e. The molecule has 0 atom stereocenters. The maximum Gasteiger partial charge on any atom is 0.244 e. The molecule has 1 aromatic carbocycles. The van der Waals surface area contributed by atoms with Gasteiger partial charge in [0.1, 0.15) is 12.4 Å². The van der Waals surface area contributed by atoms with E-state index in [-0.39, 0.29) is 12.5 Å². The molecule has 0 unspecified atom stereocenters. The van der Waals surface area contributed by atoms with E-state index in [1.54, 1.807) is 6.20 Å². The summed E-state index contributed by atoms with van der Waals surface area (Å²) in [5, 5.41) is 4.60. The van der Waals surface area contributed by atoms with E-state index in [0.717, 1.165) is 43.0 Å². The highest BCUT2D eigenvalue weighted by atomic mass is 35.5. The lowest BCUT2D eigenvalue weighted by Gasteiger charge is -2.27.